The molecule has 0 bridgehead atoms. The van der Waals surface area contributed by atoms with E-state index in [1.165, 1.54) is 4.90 Å². The predicted molar refractivity (Wildman–Crippen MR) is 67.1 cm³/mol. The Morgan fingerprint density at radius 2 is 2.17 bits per heavy atom. The first-order chi connectivity index (χ1) is 8.50. The number of hydrogen-bond donors (Lipinski definition) is 1. The van der Waals surface area contributed by atoms with Crippen LogP contribution >= 0.6 is 0 Å². The van der Waals surface area contributed by atoms with E-state index in [0.29, 0.717) is 12.2 Å². The van der Waals surface area contributed by atoms with Gasteiger partial charge in [-0.05, 0) is 20.3 Å². The number of aromatic nitrogens is 2. The van der Waals surface area contributed by atoms with E-state index in [2.05, 4.69) is 10.4 Å². The Morgan fingerprint density at radius 1 is 1.44 bits per heavy atom. The van der Waals surface area contributed by atoms with Crippen LogP contribution in [0.3, 0.4) is 0 Å². The molecule has 0 radical (unpaired) electrons. The zero-order valence-electron chi connectivity index (χ0n) is 10.9. The highest BCUT2D eigenvalue weighted by molar-refractivity contribution is 6.08. The van der Waals surface area contributed by atoms with Crippen molar-refractivity contribution < 1.29 is 9.59 Å². The van der Waals surface area contributed by atoms with E-state index < -0.39 is 5.54 Å². The highest BCUT2D eigenvalue weighted by atomic mass is 16.2. The van der Waals surface area contributed by atoms with Gasteiger partial charge < -0.3 is 5.32 Å². The van der Waals surface area contributed by atoms with E-state index in [9.17, 15) is 9.59 Å². The average Bonchev–Trinajstić information content (AvgIpc) is 2.82. The van der Waals surface area contributed by atoms with Crippen LogP contribution in [0.2, 0.25) is 0 Å². The van der Waals surface area contributed by atoms with Crippen molar-refractivity contribution in [2.75, 3.05) is 11.4 Å². The highest BCUT2D eigenvalue weighted by Gasteiger charge is 2.42. The fraction of sp³-hybridized carbons (Fsp3) is 0.583. The van der Waals surface area contributed by atoms with Crippen LogP contribution in [0.1, 0.15) is 27.2 Å². The Labute approximate surface area is 106 Å². The number of piperazine rings is 1. The van der Waals surface area contributed by atoms with Gasteiger partial charge in [-0.25, -0.2) is 0 Å². The van der Waals surface area contributed by atoms with Gasteiger partial charge in [-0.3, -0.25) is 19.2 Å². The Morgan fingerprint density at radius 3 is 2.72 bits per heavy atom. The maximum atomic E-state index is 12.4. The summed E-state index contributed by atoms with van der Waals surface area (Å²) in [4.78, 5) is 25.5. The van der Waals surface area contributed by atoms with Gasteiger partial charge in [0.05, 0.1) is 0 Å². The molecule has 1 aliphatic rings. The van der Waals surface area contributed by atoms with Crippen molar-refractivity contribution >= 4 is 17.6 Å². The zero-order valence-corrected chi connectivity index (χ0v) is 10.9. The van der Waals surface area contributed by atoms with Crippen molar-refractivity contribution in [3.05, 3.63) is 12.3 Å². The van der Waals surface area contributed by atoms with E-state index in [-0.39, 0.29) is 18.4 Å². The van der Waals surface area contributed by atoms with Gasteiger partial charge in [0.2, 0.25) is 5.91 Å². The van der Waals surface area contributed by atoms with Gasteiger partial charge in [-0.1, -0.05) is 6.92 Å². The molecule has 2 rings (SSSR count). The van der Waals surface area contributed by atoms with Crippen molar-refractivity contribution in [1.82, 2.24) is 15.1 Å². The molecule has 0 aromatic carbocycles. The molecule has 1 aromatic rings. The lowest BCUT2D eigenvalue weighted by molar-refractivity contribution is -0.135. The molecule has 2 amide bonds. The molecule has 0 aliphatic carbocycles. The van der Waals surface area contributed by atoms with Gasteiger partial charge in [0, 0.05) is 18.8 Å². The Kier molecular flexibility index (Phi) is 3.11. The molecular formula is C12H18N4O2. The summed E-state index contributed by atoms with van der Waals surface area (Å²) in [6.07, 6.45) is 2.36. The van der Waals surface area contributed by atoms with Crippen LogP contribution < -0.4 is 10.2 Å². The first-order valence-corrected chi connectivity index (χ1v) is 6.16. The second-order valence-electron chi connectivity index (χ2n) is 4.65. The summed E-state index contributed by atoms with van der Waals surface area (Å²) in [5.41, 5.74) is -0.828. The standard InChI is InChI=1S/C12H18N4O2/c1-4-12(3)11(18)16(8-10(17)13-12)9-6-7-15(5-2)14-9/h6-7H,4-5,8H2,1-3H3,(H,13,17). The number of hydrogen-bond acceptors (Lipinski definition) is 3. The third-order valence-corrected chi connectivity index (χ3v) is 3.37. The van der Waals surface area contributed by atoms with Crippen molar-refractivity contribution in [2.24, 2.45) is 0 Å². The number of nitrogens with zero attached hydrogens (tertiary/aromatic N) is 3. The summed E-state index contributed by atoms with van der Waals surface area (Å²) in [6.45, 7) is 6.37. The van der Waals surface area contributed by atoms with E-state index in [0.717, 1.165) is 6.54 Å². The van der Waals surface area contributed by atoms with E-state index in [1.54, 1.807) is 23.9 Å². The molecule has 6 heteroatoms. The van der Waals surface area contributed by atoms with Crippen LogP contribution in [0, 0.1) is 0 Å². The lowest BCUT2D eigenvalue weighted by Crippen LogP contribution is -2.65. The van der Waals surface area contributed by atoms with Gasteiger partial charge in [0.1, 0.15) is 12.1 Å². The summed E-state index contributed by atoms with van der Waals surface area (Å²) in [7, 11) is 0. The second kappa shape index (κ2) is 4.44. The molecule has 1 fully saturated rings. The minimum absolute atomic E-state index is 0.0369. The minimum atomic E-state index is -0.828. The molecule has 1 unspecified atom stereocenters. The van der Waals surface area contributed by atoms with Gasteiger partial charge in [-0.2, -0.15) is 5.10 Å². The van der Waals surface area contributed by atoms with Crippen LogP contribution in [0.5, 0.6) is 0 Å². The summed E-state index contributed by atoms with van der Waals surface area (Å²) in [6, 6.07) is 1.76. The molecular weight excluding hydrogens is 232 g/mol. The third kappa shape index (κ3) is 1.98. The van der Waals surface area contributed by atoms with E-state index in [1.807, 2.05) is 13.8 Å². The summed E-state index contributed by atoms with van der Waals surface area (Å²) >= 11 is 0. The molecule has 6 nitrogen and oxygen atoms in total. The first kappa shape index (κ1) is 12.6. The summed E-state index contributed by atoms with van der Waals surface area (Å²) < 4.78 is 1.73. The number of anilines is 1. The van der Waals surface area contributed by atoms with Gasteiger partial charge >= 0.3 is 0 Å². The van der Waals surface area contributed by atoms with Crippen LogP contribution in [0.25, 0.3) is 0 Å². The zero-order chi connectivity index (χ0) is 13.3. The molecule has 2 heterocycles. The maximum absolute atomic E-state index is 12.4. The quantitative estimate of drug-likeness (QED) is 0.851. The Bertz CT molecular complexity index is 482. The molecule has 0 saturated carbocycles. The Balaban J connectivity index is 2.31. The number of nitrogens with one attached hydrogen (secondary N) is 1. The van der Waals surface area contributed by atoms with Crippen LogP contribution in [0.15, 0.2) is 12.3 Å². The number of carbonyl (C=O) groups is 2. The molecule has 1 atom stereocenters. The summed E-state index contributed by atoms with van der Waals surface area (Å²) in [5.74, 6) is 0.285. The number of carbonyl (C=O) groups excluding carboxylic acids is 2. The number of amides is 2. The lowest BCUT2D eigenvalue weighted by Gasteiger charge is -2.38. The van der Waals surface area contributed by atoms with Gasteiger partial charge in [0.15, 0.2) is 5.82 Å². The third-order valence-electron chi connectivity index (χ3n) is 3.37. The van der Waals surface area contributed by atoms with Crippen LogP contribution in [-0.4, -0.2) is 33.7 Å². The molecule has 1 saturated heterocycles. The van der Waals surface area contributed by atoms with Gasteiger partial charge in [-0.15, -0.1) is 0 Å². The largest absolute Gasteiger partial charge is 0.340 e. The lowest BCUT2D eigenvalue weighted by atomic mass is 9.94. The van der Waals surface area contributed by atoms with Crippen molar-refractivity contribution in [3.8, 4) is 0 Å². The van der Waals surface area contributed by atoms with E-state index in [4.69, 9.17) is 0 Å². The molecule has 1 N–H and O–H groups in total. The first-order valence-electron chi connectivity index (χ1n) is 6.16. The van der Waals surface area contributed by atoms with Crippen molar-refractivity contribution in [1.29, 1.82) is 0 Å². The fourth-order valence-corrected chi connectivity index (χ4v) is 2.01. The number of rotatable bonds is 3. The summed E-state index contributed by atoms with van der Waals surface area (Å²) in [5, 5.41) is 7.03. The van der Waals surface area contributed by atoms with Crippen molar-refractivity contribution in [2.45, 2.75) is 39.3 Å². The number of aryl methyl sites for hydroxylation is 1. The van der Waals surface area contributed by atoms with E-state index >= 15 is 0 Å². The van der Waals surface area contributed by atoms with Crippen molar-refractivity contribution in [3.63, 3.8) is 0 Å². The smallest absolute Gasteiger partial charge is 0.254 e. The molecule has 1 aromatic heterocycles. The molecule has 1 aliphatic heterocycles. The highest BCUT2D eigenvalue weighted by Crippen LogP contribution is 2.22. The maximum Gasteiger partial charge on any atom is 0.254 e. The minimum Gasteiger partial charge on any atom is -0.340 e. The van der Waals surface area contributed by atoms with Crippen LogP contribution in [0.4, 0.5) is 5.82 Å². The van der Waals surface area contributed by atoms with Crippen LogP contribution in [-0.2, 0) is 16.1 Å². The molecule has 18 heavy (non-hydrogen) atoms. The SMILES string of the molecule is CCn1ccc(N2CC(=O)NC(C)(CC)C2=O)n1. The topological polar surface area (TPSA) is 67.2 Å². The monoisotopic (exact) mass is 250 g/mol. The molecule has 98 valence electrons. The predicted octanol–water partition coefficient (Wildman–Crippen LogP) is 0.534. The molecule has 0 spiro atoms. The average molecular weight is 250 g/mol. The Hall–Kier alpha value is -1.85. The normalized spacial score (nSPS) is 24.3. The fourth-order valence-electron chi connectivity index (χ4n) is 2.01. The second-order valence-corrected chi connectivity index (χ2v) is 4.65. The van der Waals surface area contributed by atoms with Gasteiger partial charge in [0.25, 0.3) is 5.91 Å².